The number of hydrogen-bond donors (Lipinski definition) is 2. The Balaban J connectivity index is 1.30. The van der Waals surface area contributed by atoms with E-state index < -0.39 is 30.4 Å². The molecule has 1 heterocycles. The third kappa shape index (κ3) is 5.52. The van der Waals surface area contributed by atoms with Crippen molar-refractivity contribution in [2.45, 2.75) is 31.2 Å². The highest BCUT2D eigenvalue weighted by Gasteiger charge is 2.42. The van der Waals surface area contributed by atoms with E-state index in [2.05, 4.69) is 15.0 Å². The lowest BCUT2D eigenvalue weighted by atomic mass is 9.74. The number of anilines is 2. The van der Waals surface area contributed by atoms with Crippen molar-refractivity contribution in [1.29, 1.82) is 0 Å². The molecule has 0 atom stereocenters. The topological polar surface area (TPSA) is 80.7 Å². The predicted octanol–water partition coefficient (Wildman–Crippen LogP) is 7.23. The van der Waals surface area contributed by atoms with Crippen LogP contribution in [0.2, 0.25) is 0 Å². The zero-order valence-corrected chi connectivity index (χ0v) is 20.0. The maximum absolute atomic E-state index is 15.0. The lowest BCUT2D eigenvalue weighted by Gasteiger charge is -2.41. The number of fused-ring (bicyclic) bond motifs is 1. The lowest BCUT2D eigenvalue weighted by molar-refractivity contribution is -0.274. The number of rotatable bonds is 8. The number of aromatic nitrogens is 1. The van der Waals surface area contributed by atoms with Gasteiger partial charge in [0.15, 0.2) is 5.13 Å². The molecule has 0 radical (unpaired) electrons. The highest BCUT2D eigenvalue weighted by Crippen LogP contribution is 2.46. The molecule has 6 nitrogen and oxygen atoms in total. The summed E-state index contributed by atoms with van der Waals surface area (Å²) >= 11 is 1.18. The summed E-state index contributed by atoms with van der Waals surface area (Å²) in [6.07, 6.45) is -2.79. The minimum absolute atomic E-state index is 0.311. The molecule has 0 spiro atoms. The second-order valence-corrected chi connectivity index (χ2v) is 9.65. The summed E-state index contributed by atoms with van der Waals surface area (Å²) in [4.78, 5) is 15.3. The minimum Gasteiger partial charge on any atom is -0.480 e. The molecule has 1 aliphatic rings. The molecule has 0 unspecified atom stereocenters. The smallest absolute Gasteiger partial charge is 0.480 e. The maximum atomic E-state index is 15.0. The van der Waals surface area contributed by atoms with Crippen molar-refractivity contribution in [1.82, 2.24) is 4.98 Å². The first-order valence-corrected chi connectivity index (χ1v) is 12.1. The Morgan fingerprint density at radius 3 is 2.41 bits per heavy atom. The van der Waals surface area contributed by atoms with Gasteiger partial charge in [-0.05, 0) is 60.7 Å². The molecule has 0 aliphatic heterocycles. The molecule has 2 N–H and O–H groups in total. The molecule has 1 fully saturated rings. The Morgan fingerprint density at radius 1 is 1.05 bits per heavy atom. The molecule has 0 bridgehead atoms. The van der Waals surface area contributed by atoms with Crippen LogP contribution < -0.4 is 10.1 Å². The van der Waals surface area contributed by atoms with Crippen LogP contribution in [0.15, 0.2) is 60.7 Å². The fraction of sp³-hybridized carbons (Fsp3) is 0.231. The van der Waals surface area contributed by atoms with Gasteiger partial charge in [-0.3, -0.25) is 0 Å². The van der Waals surface area contributed by atoms with Crippen LogP contribution in [-0.4, -0.2) is 29.0 Å². The number of carboxylic acids is 1. The summed E-state index contributed by atoms with van der Waals surface area (Å²) < 4.78 is 62.5. The highest BCUT2D eigenvalue weighted by atomic mass is 32.1. The third-order valence-corrected chi connectivity index (χ3v) is 7.09. The van der Waals surface area contributed by atoms with Gasteiger partial charge in [0.1, 0.15) is 18.2 Å². The van der Waals surface area contributed by atoms with Crippen molar-refractivity contribution in [3.63, 3.8) is 0 Å². The molecule has 1 saturated carbocycles. The summed E-state index contributed by atoms with van der Waals surface area (Å²) in [6, 6.07) is 16.0. The number of halogens is 4. The average molecular weight is 533 g/mol. The van der Waals surface area contributed by atoms with E-state index in [9.17, 15) is 18.0 Å². The SMILES string of the molecule is O=C(O)COC1(c2ccc(-c3ccc(Nc4nc5ccc(OC(F)(F)F)cc5s4)cc3)cc2F)CCC1. The molecule has 0 amide bonds. The van der Waals surface area contributed by atoms with Gasteiger partial charge in [-0.15, -0.1) is 13.2 Å². The standard InChI is InChI=1S/C26H20F4N2O4S/c27-20-12-16(4-8-19(20)25(10-1-11-25)35-14-23(33)34)15-2-5-17(6-3-15)31-24-32-21-9-7-18(13-22(21)37-24)36-26(28,29)30/h2-9,12-13H,1,10-11,14H2,(H,31,32)(H,33,34). The van der Waals surface area contributed by atoms with E-state index in [-0.39, 0.29) is 5.75 Å². The van der Waals surface area contributed by atoms with E-state index in [1.807, 2.05) is 0 Å². The summed E-state index contributed by atoms with van der Waals surface area (Å²) in [7, 11) is 0. The Labute approximate surface area is 212 Å². The fourth-order valence-electron chi connectivity index (χ4n) is 4.28. The molecule has 37 heavy (non-hydrogen) atoms. The summed E-state index contributed by atoms with van der Waals surface area (Å²) in [6.45, 7) is -0.479. The van der Waals surface area contributed by atoms with Gasteiger partial charge >= 0.3 is 12.3 Å². The average Bonchev–Trinajstić information content (AvgIpc) is 3.20. The lowest BCUT2D eigenvalue weighted by Crippen LogP contribution is -2.39. The molecular formula is C26H20F4N2O4S. The highest BCUT2D eigenvalue weighted by molar-refractivity contribution is 7.22. The molecule has 192 valence electrons. The summed E-state index contributed by atoms with van der Waals surface area (Å²) in [5, 5.41) is 12.6. The summed E-state index contributed by atoms with van der Waals surface area (Å²) in [5.74, 6) is -1.86. The number of nitrogens with one attached hydrogen (secondary N) is 1. The number of carboxylic acid groups (broad SMARTS) is 1. The van der Waals surface area contributed by atoms with Crippen LogP contribution in [0.4, 0.5) is 28.4 Å². The van der Waals surface area contributed by atoms with Gasteiger partial charge in [-0.25, -0.2) is 14.2 Å². The first kappa shape index (κ1) is 25.0. The van der Waals surface area contributed by atoms with Gasteiger partial charge in [0.05, 0.1) is 15.8 Å². The Bertz CT molecular complexity index is 1450. The van der Waals surface area contributed by atoms with Crippen LogP contribution in [0, 0.1) is 5.82 Å². The Hall–Kier alpha value is -3.70. The van der Waals surface area contributed by atoms with Crippen molar-refractivity contribution >= 4 is 38.3 Å². The van der Waals surface area contributed by atoms with E-state index in [0.29, 0.717) is 45.0 Å². The Kier molecular flexibility index (Phi) is 6.50. The zero-order valence-electron chi connectivity index (χ0n) is 19.1. The molecule has 11 heteroatoms. The number of ether oxygens (including phenoxy) is 2. The van der Waals surface area contributed by atoms with Gasteiger partial charge in [0.25, 0.3) is 0 Å². The minimum atomic E-state index is -4.77. The van der Waals surface area contributed by atoms with E-state index in [0.717, 1.165) is 12.0 Å². The first-order chi connectivity index (χ1) is 17.6. The van der Waals surface area contributed by atoms with Crippen molar-refractivity contribution < 1.29 is 36.9 Å². The molecule has 4 aromatic rings. The van der Waals surface area contributed by atoms with E-state index >= 15 is 4.39 Å². The van der Waals surface area contributed by atoms with Crippen molar-refractivity contribution in [3.05, 3.63) is 72.0 Å². The monoisotopic (exact) mass is 532 g/mol. The number of hydrogen-bond acceptors (Lipinski definition) is 6. The molecular weight excluding hydrogens is 512 g/mol. The van der Waals surface area contributed by atoms with E-state index in [1.165, 1.54) is 35.6 Å². The van der Waals surface area contributed by atoms with Gasteiger partial charge in [-0.2, -0.15) is 0 Å². The van der Waals surface area contributed by atoms with Crippen molar-refractivity contribution in [2.24, 2.45) is 0 Å². The maximum Gasteiger partial charge on any atom is 0.573 e. The molecule has 1 aliphatic carbocycles. The summed E-state index contributed by atoms with van der Waals surface area (Å²) in [5.41, 5.74) is 2.11. The van der Waals surface area contributed by atoms with Crippen LogP contribution in [0.25, 0.3) is 21.3 Å². The molecule has 0 saturated heterocycles. The number of alkyl halides is 3. The number of thiazole rings is 1. The van der Waals surface area contributed by atoms with Gasteiger partial charge in [0, 0.05) is 17.3 Å². The normalized spacial score (nSPS) is 14.8. The molecule has 1 aromatic heterocycles. The van der Waals surface area contributed by atoms with Crippen molar-refractivity contribution in [2.75, 3.05) is 11.9 Å². The van der Waals surface area contributed by atoms with Crippen LogP contribution in [0.1, 0.15) is 24.8 Å². The fourth-order valence-corrected chi connectivity index (χ4v) is 5.19. The van der Waals surface area contributed by atoms with Crippen LogP contribution in [-0.2, 0) is 15.1 Å². The van der Waals surface area contributed by atoms with E-state index in [4.69, 9.17) is 9.84 Å². The van der Waals surface area contributed by atoms with Gasteiger partial charge < -0.3 is 19.9 Å². The second kappa shape index (κ2) is 9.64. The third-order valence-electron chi connectivity index (χ3n) is 6.16. The second-order valence-electron chi connectivity index (χ2n) is 8.62. The van der Waals surface area contributed by atoms with Gasteiger partial charge in [-0.1, -0.05) is 35.6 Å². The Morgan fingerprint density at radius 2 is 1.78 bits per heavy atom. The number of carbonyl (C=O) groups is 1. The zero-order chi connectivity index (χ0) is 26.2. The largest absolute Gasteiger partial charge is 0.573 e. The number of benzene rings is 3. The van der Waals surface area contributed by atoms with Crippen LogP contribution in [0.5, 0.6) is 5.75 Å². The molecule has 3 aromatic carbocycles. The number of aliphatic carboxylic acids is 1. The first-order valence-electron chi connectivity index (χ1n) is 11.3. The van der Waals surface area contributed by atoms with Crippen molar-refractivity contribution in [3.8, 4) is 16.9 Å². The van der Waals surface area contributed by atoms with Crippen LogP contribution >= 0.6 is 11.3 Å². The van der Waals surface area contributed by atoms with Gasteiger partial charge in [0.2, 0.25) is 0 Å². The molecule has 5 rings (SSSR count). The predicted molar refractivity (Wildman–Crippen MR) is 131 cm³/mol. The van der Waals surface area contributed by atoms with Crippen LogP contribution in [0.3, 0.4) is 0 Å². The number of nitrogens with zero attached hydrogens (tertiary/aromatic N) is 1. The quantitative estimate of drug-likeness (QED) is 0.233. The van der Waals surface area contributed by atoms with E-state index in [1.54, 1.807) is 36.4 Å².